The molecular formula is C18H13F3N4O5S. The molecule has 0 saturated heterocycles. The molecule has 1 amide bonds. The molecule has 0 aliphatic carbocycles. The Labute approximate surface area is 176 Å². The highest BCUT2D eigenvalue weighted by Gasteiger charge is 2.41. The van der Waals surface area contributed by atoms with Gasteiger partial charge in [0.15, 0.2) is 5.69 Å². The van der Waals surface area contributed by atoms with Gasteiger partial charge in [-0.25, -0.2) is 9.48 Å². The van der Waals surface area contributed by atoms with Gasteiger partial charge in [-0.1, -0.05) is 17.4 Å². The average molecular weight is 454 g/mol. The van der Waals surface area contributed by atoms with Gasteiger partial charge < -0.3 is 10.1 Å². The van der Waals surface area contributed by atoms with E-state index < -0.39 is 34.2 Å². The number of ether oxygens (including phenoxy) is 1. The number of anilines is 1. The number of aromatic nitrogens is 2. The smallest absolute Gasteiger partial charge is 0.434 e. The van der Waals surface area contributed by atoms with Gasteiger partial charge in [0.05, 0.1) is 28.3 Å². The van der Waals surface area contributed by atoms with E-state index in [4.69, 9.17) is 0 Å². The maximum Gasteiger partial charge on any atom is 0.434 e. The van der Waals surface area contributed by atoms with Crippen LogP contribution in [0.1, 0.15) is 32.6 Å². The van der Waals surface area contributed by atoms with Crippen LogP contribution in [0.25, 0.3) is 5.69 Å². The van der Waals surface area contributed by atoms with E-state index in [-0.39, 0.29) is 27.9 Å². The van der Waals surface area contributed by atoms with Crippen LogP contribution in [0, 0.1) is 10.1 Å². The third-order valence-electron chi connectivity index (χ3n) is 3.88. The van der Waals surface area contributed by atoms with E-state index in [1.165, 1.54) is 43.3 Å². The van der Waals surface area contributed by atoms with Gasteiger partial charge in [-0.2, -0.15) is 18.3 Å². The van der Waals surface area contributed by atoms with E-state index in [2.05, 4.69) is 15.2 Å². The van der Waals surface area contributed by atoms with Gasteiger partial charge in [0, 0.05) is 11.8 Å². The van der Waals surface area contributed by atoms with Gasteiger partial charge >= 0.3 is 17.1 Å². The van der Waals surface area contributed by atoms with E-state index in [0.29, 0.717) is 16.0 Å². The first kappa shape index (κ1) is 22.0. The van der Waals surface area contributed by atoms with Crippen LogP contribution in [0.5, 0.6) is 0 Å². The van der Waals surface area contributed by atoms with Crippen LogP contribution < -0.4 is 5.32 Å². The second-order valence-corrected chi connectivity index (χ2v) is 7.00. The predicted molar refractivity (Wildman–Crippen MR) is 103 cm³/mol. The first-order chi connectivity index (χ1) is 14.6. The lowest BCUT2D eigenvalue weighted by atomic mass is 10.2. The van der Waals surface area contributed by atoms with E-state index in [0.717, 1.165) is 6.20 Å². The molecule has 3 aromatic rings. The van der Waals surface area contributed by atoms with E-state index in [1.807, 2.05) is 0 Å². The Kier molecular flexibility index (Phi) is 6.06. The van der Waals surface area contributed by atoms with Gasteiger partial charge in [-0.3, -0.25) is 14.9 Å². The molecule has 162 valence electrons. The van der Waals surface area contributed by atoms with Crippen LogP contribution in [0.15, 0.2) is 42.6 Å². The number of thiophene rings is 1. The highest BCUT2D eigenvalue weighted by molar-refractivity contribution is 7.17. The van der Waals surface area contributed by atoms with Crippen molar-refractivity contribution >= 4 is 33.9 Å². The molecule has 3 rings (SSSR count). The van der Waals surface area contributed by atoms with Gasteiger partial charge in [0.25, 0.3) is 5.91 Å². The normalized spacial score (nSPS) is 11.2. The minimum absolute atomic E-state index is 0.0526. The summed E-state index contributed by atoms with van der Waals surface area (Å²) in [7, 11) is 0. The number of carbonyl (C=O) groups is 2. The Balaban J connectivity index is 1.93. The van der Waals surface area contributed by atoms with Crippen molar-refractivity contribution in [1.82, 2.24) is 9.78 Å². The minimum Gasteiger partial charge on any atom is -0.462 e. The molecule has 0 saturated carbocycles. The number of nitrogens with one attached hydrogen (secondary N) is 1. The molecule has 2 aromatic heterocycles. The van der Waals surface area contributed by atoms with Crippen LogP contribution in [-0.4, -0.2) is 33.2 Å². The third-order valence-corrected chi connectivity index (χ3v) is 4.91. The fraction of sp³-hybridized carbons (Fsp3) is 0.167. The number of nitrogens with zero attached hydrogens (tertiary/aromatic N) is 3. The number of esters is 1. The van der Waals surface area contributed by atoms with Crippen LogP contribution in [0.4, 0.5) is 23.9 Å². The van der Waals surface area contributed by atoms with Crippen molar-refractivity contribution in [2.75, 3.05) is 11.9 Å². The molecule has 0 radical (unpaired) electrons. The van der Waals surface area contributed by atoms with E-state index in [1.54, 1.807) is 0 Å². The van der Waals surface area contributed by atoms with E-state index in [9.17, 15) is 32.9 Å². The highest BCUT2D eigenvalue weighted by atomic mass is 32.1. The van der Waals surface area contributed by atoms with Crippen molar-refractivity contribution < 1.29 is 32.4 Å². The van der Waals surface area contributed by atoms with Gasteiger partial charge in [-0.15, -0.1) is 0 Å². The second kappa shape index (κ2) is 8.55. The highest BCUT2D eigenvalue weighted by Crippen LogP contribution is 2.34. The first-order valence-electron chi connectivity index (χ1n) is 8.60. The van der Waals surface area contributed by atoms with Gasteiger partial charge in [-0.05, 0) is 31.2 Å². The number of halogens is 3. The lowest BCUT2D eigenvalue weighted by Crippen LogP contribution is -2.18. The summed E-state index contributed by atoms with van der Waals surface area (Å²) in [5.74, 6) is -1.83. The molecule has 1 aromatic carbocycles. The van der Waals surface area contributed by atoms with Crippen molar-refractivity contribution in [3.05, 3.63) is 68.8 Å². The predicted octanol–water partition coefficient (Wildman–Crippen LogP) is 4.29. The van der Waals surface area contributed by atoms with Gasteiger partial charge in [0.2, 0.25) is 0 Å². The monoisotopic (exact) mass is 454 g/mol. The molecule has 13 heteroatoms. The Bertz CT molecular complexity index is 1160. The summed E-state index contributed by atoms with van der Waals surface area (Å²) >= 11 is 0.657. The summed E-state index contributed by atoms with van der Waals surface area (Å²) in [5, 5.41) is 16.7. The zero-order chi connectivity index (χ0) is 22.8. The van der Waals surface area contributed by atoms with Crippen molar-refractivity contribution in [2.24, 2.45) is 0 Å². The Morgan fingerprint density at radius 2 is 2.03 bits per heavy atom. The van der Waals surface area contributed by atoms with Crippen molar-refractivity contribution in [2.45, 2.75) is 13.1 Å². The number of amides is 1. The molecule has 0 atom stereocenters. The first-order valence-corrected chi connectivity index (χ1v) is 9.41. The topological polar surface area (TPSA) is 116 Å². The van der Waals surface area contributed by atoms with Crippen LogP contribution in [-0.2, 0) is 10.9 Å². The number of hydrogen-bond acceptors (Lipinski definition) is 7. The fourth-order valence-corrected chi connectivity index (χ4v) is 3.35. The number of rotatable bonds is 6. The molecule has 0 fully saturated rings. The van der Waals surface area contributed by atoms with Crippen LogP contribution >= 0.6 is 11.3 Å². The molecule has 2 heterocycles. The molecule has 31 heavy (non-hydrogen) atoms. The van der Waals surface area contributed by atoms with Crippen molar-refractivity contribution in [1.29, 1.82) is 0 Å². The number of nitro groups is 1. The summed E-state index contributed by atoms with van der Waals surface area (Å²) in [6.07, 6.45) is -4.15. The SMILES string of the molecule is CCOC(=O)c1cnn(-c2cccc(NC(=O)c3ccc([N+](=O)[O-])s3)c2)c1C(F)(F)F. The van der Waals surface area contributed by atoms with Crippen LogP contribution in [0.3, 0.4) is 0 Å². The number of alkyl halides is 3. The Hall–Kier alpha value is -3.74. The molecule has 0 spiro atoms. The average Bonchev–Trinajstić information content (AvgIpc) is 3.36. The Morgan fingerprint density at radius 1 is 1.29 bits per heavy atom. The number of carbonyl (C=O) groups excluding carboxylic acids is 2. The standard InChI is InChI=1S/C18H13F3N4O5S/c1-2-30-17(27)12-9-22-24(15(12)18(19,20)21)11-5-3-4-10(8-11)23-16(26)13-6-7-14(31-13)25(28)29/h3-9H,2H2,1H3,(H,23,26). The molecule has 0 aliphatic rings. The minimum atomic E-state index is -4.91. The molecule has 9 nitrogen and oxygen atoms in total. The molecule has 0 bridgehead atoms. The Morgan fingerprint density at radius 3 is 2.65 bits per heavy atom. The summed E-state index contributed by atoms with van der Waals surface area (Å²) < 4.78 is 46.1. The van der Waals surface area contributed by atoms with Crippen molar-refractivity contribution in [3.63, 3.8) is 0 Å². The fourth-order valence-electron chi connectivity index (χ4n) is 2.63. The summed E-state index contributed by atoms with van der Waals surface area (Å²) in [5.41, 5.74) is -2.00. The maximum atomic E-state index is 13.6. The number of hydrogen-bond donors (Lipinski definition) is 1. The summed E-state index contributed by atoms with van der Waals surface area (Å²) in [4.78, 5) is 34.4. The summed E-state index contributed by atoms with van der Waals surface area (Å²) in [6, 6.07) is 7.77. The molecule has 0 unspecified atom stereocenters. The van der Waals surface area contributed by atoms with Crippen LogP contribution in [0.2, 0.25) is 0 Å². The lowest BCUT2D eigenvalue weighted by molar-refractivity contribution is -0.380. The largest absolute Gasteiger partial charge is 0.462 e. The van der Waals surface area contributed by atoms with Crippen molar-refractivity contribution in [3.8, 4) is 5.69 Å². The summed E-state index contributed by atoms with van der Waals surface area (Å²) in [6.45, 7) is 1.35. The maximum absolute atomic E-state index is 13.6. The molecule has 1 N–H and O–H groups in total. The van der Waals surface area contributed by atoms with E-state index >= 15 is 0 Å². The quantitative estimate of drug-likeness (QED) is 0.337. The second-order valence-electron chi connectivity index (χ2n) is 5.94. The molecular weight excluding hydrogens is 441 g/mol. The number of benzene rings is 1. The zero-order valence-electron chi connectivity index (χ0n) is 15.7. The third kappa shape index (κ3) is 4.71. The lowest BCUT2D eigenvalue weighted by Gasteiger charge is -2.13. The zero-order valence-corrected chi connectivity index (χ0v) is 16.5. The van der Waals surface area contributed by atoms with Gasteiger partial charge in [0.1, 0.15) is 5.56 Å². The molecule has 0 aliphatic heterocycles.